The lowest BCUT2D eigenvalue weighted by molar-refractivity contribution is -0.115. The quantitative estimate of drug-likeness (QED) is 0.698. The zero-order valence-electron chi connectivity index (χ0n) is 14.2. The van der Waals surface area contributed by atoms with E-state index in [1.807, 2.05) is 36.4 Å². The normalized spacial score (nSPS) is 16.3. The number of thioether (sulfide) groups is 1. The lowest BCUT2D eigenvalue weighted by atomic mass is 10.2. The Kier molecular flexibility index (Phi) is 6.16. The number of amides is 1. The monoisotopic (exact) mass is 443 g/mol. The number of nitrogens with zero attached hydrogens (tertiary/aromatic N) is 2. The van der Waals surface area contributed by atoms with E-state index in [0.29, 0.717) is 26.0 Å². The lowest BCUT2D eigenvalue weighted by Gasteiger charge is -2.11. The molecule has 0 aromatic heterocycles. The van der Waals surface area contributed by atoms with E-state index in [1.165, 1.54) is 18.9 Å². The number of amidine groups is 1. The molecule has 1 N–H and O–H groups in total. The van der Waals surface area contributed by atoms with Crippen molar-refractivity contribution in [3.63, 3.8) is 0 Å². The van der Waals surface area contributed by atoms with Gasteiger partial charge in [0.2, 0.25) is 0 Å². The first-order chi connectivity index (χ1) is 13.1. The molecular formula is C19H14BrN3O3S. The molecular weight excluding hydrogens is 430 g/mol. The third-order valence-corrected chi connectivity index (χ3v) is 5.10. The van der Waals surface area contributed by atoms with Crippen LogP contribution in [0.5, 0.6) is 11.5 Å². The average Bonchev–Trinajstić information content (AvgIpc) is 3.01. The average molecular weight is 444 g/mol. The molecule has 1 aliphatic heterocycles. The van der Waals surface area contributed by atoms with Crippen LogP contribution in [0.4, 0.5) is 5.69 Å². The second kappa shape index (κ2) is 8.75. The minimum absolute atomic E-state index is 0.0825. The van der Waals surface area contributed by atoms with Gasteiger partial charge in [-0.3, -0.25) is 4.79 Å². The Balaban J connectivity index is 1.87. The standard InChI is InChI=1S/C19H14BrN3O3S/c1-25-15-9-12(14(20)11-16(15)26-8-7-21)10-17-18(24)23-19(27-17)22-13-5-3-2-4-6-13/h2-6,9-11H,8H2,1H3,(H,22,23,24). The predicted octanol–water partition coefficient (Wildman–Crippen LogP) is 4.25. The Hall–Kier alpha value is -2.76. The third-order valence-electron chi connectivity index (χ3n) is 3.50. The van der Waals surface area contributed by atoms with Crippen molar-refractivity contribution < 1.29 is 14.3 Å². The molecule has 2 aromatic carbocycles. The number of halogens is 1. The van der Waals surface area contributed by atoms with E-state index in [1.54, 1.807) is 18.2 Å². The number of hydrogen-bond donors (Lipinski definition) is 1. The van der Waals surface area contributed by atoms with Crippen molar-refractivity contribution in [2.45, 2.75) is 0 Å². The number of aliphatic imine (C=N–C) groups is 1. The van der Waals surface area contributed by atoms with Gasteiger partial charge in [-0.25, -0.2) is 4.99 Å². The van der Waals surface area contributed by atoms with E-state index in [4.69, 9.17) is 14.7 Å². The van der Waals surface area contributed by atoms with Crippen LogP contribution < -0.4 is 14.8 Å². The molecule has 3 rings (SSSR count). The smallest absolute Gasteiger partial charge is 0.264 e. The summed E-state index contributed by atoms with van der Waals surface area (Å²) in [5.41, 5.74) is 1.51. The number of nitriles is 1. The molecule has 1 saturated heterocycles. The molecule has 0 atom stereocenters. The summed E-state index contributed by atoms with van der Waals surface area (Å²) in [7, 11) is 1.51. The largest absolute Gasteiger partial charge is 0.493 e. The second-order valence-electron chi connectivity index (χ2n) is 5.29. The molecule has 1 heterocycles. The van der Waals surface area contributed by atoms with Gasteiger partial charge in [0.05, 0.1) is 17.7 Å². The molecule has 0 saturated carbocycles. The van der Waals surface area contributed by atoms with Gasteiger partial charge in [-0.05, 0) is 47.7 Å². The summed E-state index contributed by atoms with van der Waals surface area (Å²) >= 11 is 4.73. The number of para-hydroxylation sites is 1. The first-order valence-corrected chi connectivity index (χ1v) is 9.43. The zero-order chi connectivity index (χ0) is 19.2. The van der Waals surface area contributed by atoms with Gasteiger partial charge in [0.25, 0.3) is 5.91 Å². The fourth-order valence-corrected chi connectivity index (χ4v) is 3.55. The van der Waals surface area contributed by atoms with E-state index in [9.17, 15) is 4.79 Å². The fraction of sp³-hybridized carbons (Fsp3) is 0.105. The molecule has 0 unspecified atom stereocenters. The summed E-state index contributed by atoms with van der Waals surface area (Å²) in [5, 5.41) is 12.0. The van der Waals surface area contributed by atoms with Gasteiger partial charge in [-0.2, -0.15) is 5.26 Å². The van der Waals surface area contributed by atoms with Gasteiger partial charge in [0, 0.05) is 4.47 Å². The Morgan fingerprint density at radius 1 is 1.30 bits per heavy atom. The van der Waals surface area contributed by atoms with Crippen LogP contribution in [0.1, 0.15) is 5.56 Å². The van der Waals surface area contributed by atoms with Gasteiger partial charge >= 0.3 is 0 Å². The second-order valence-corrected chi connectivity index (χ2v) is 7.17. The molecule has 1 aliphatic rings. The number of ether oxygens (including phenoxy) is 2. The van der Waals surface area contributed by atoms with Crippen molar-refractivity contribution in [2.24, 2.45) is 4.99 Å². The van der Waals surface area contributed by atoms with Gasteiger partial charge in [-0.15, -0.1) is 0 Å². The van der Waals surface area contributed by atoms with Crippen molar-refractivity contribution in [3.05, 3.63) is 57.4 Å². The molecule has 136 valence electrons. The highest BCUT2D eigenvalue weighted by Gasteiger charge is 2.24. The number of carbonyl (C=O) groups is 1. The van der Waals surface area contributed by atoms with Crippen molar-refractivity contribution in [3.8, 4) is 17.6 Å². The van der Waals surface area contributed by atoms with Gasteiger partial charge in [0.1, 0.15) is 6.07 Å². The van der Waals surface area contributed by atoms with Crippen molar-refractivity contribution in [1.82, 2.24) is 5.32 Å². The van der Waals surface area contributed by atoms with Crippen molar-refractivity contribution in [1.29, 1.82) is 5.26 Å². The lowest BCUT2D eigenvalue weighted by Crippen LogP contribution is -2.19. The number of carbonyl (C=O) groups excluding carboxylic acids is 1. The first kappa shape index (κ1) is 19.0. The molecule has 2 aromatic rings. The van der Waals surface area contributed by atoms with Gasteiger partial charge < -0.3 is 14.8 Å². The molecule has 0 bridgehead atoms. The van der Waals surface area contributed by atoms with Crippen molar-refractivity contribution in [2.75, 3.05) is 13.7 Å². The molecule has 6 nitrogen and oxygen atoms in total. The SMILES string of the molecule is COc1cc(C=C2SC(=Nc3ccccc3)NC2=O)c(Br)cc1OCC#N. The highest BCUT2D eigenvalue weighted by Crippen LogP contribution is 2.36. The molecule has 1 amide bonds. The summed E-state index contributed by atoms with van der Waals surface area (Å²) in [5.74, 6) is 0.704. The van der Waals surface area contributed by atoms with Crippen LogP contribution in [0.2, 0.25) is 0 Å². The maximum atomic E-state index is 12.3. The summed E-state index contributed by atoms with van der Waals surface area (Å²) < 4.78 is 11.4. The maximum absolute atomic E-state index is 12.3. The van der Waals surface area contributed by atoms with Crippen LogP contribution in [-0.2, 0) is 4.79 Å². The van der Waals surface area contributed by atoms with E-state index < -0.39 is 0 Å². The van der Waals surface area contributed by atoms with Crippen LogP contribution in [0.3, 0.4) is 0 Å². The van der Waals surface area contributed by atoms with Crippen LogP contribution >= 0.6 is 27.7 Å². The first-order valence-electron chi connectivity index (χ1n) is 7.82. The van der Waals surface area contributed by atoms with Crippen LogP contribution in [0.15, 0.2) is 56.8 Å². The van der Waals surface area contributed by atoms with Crippen LogP contribution in [-0.4, -0.2) is 24.8 Å². The van der Waals surface area contributed by atoms with E-state index in [2.05, 4.69) is 26.2 Å². The number of hydrogen-bond acceptors (Lipinski definition) is 6. The topological polar surface area (TPSA) is 83.7 Å². The van der Waals surface area contributed by atoms with Gasteiger partial charge in [-0.1, -0.05) is 34.1 Å². The van der Waals surface area contributed by atoms with Crippen molar-refractivity contribution >= 4 is 50.5 Å². The highest BCUT2D eigenvalue weighted by molar-refractivity contribution is 9.10. The molecule has 0 spiro atoms. The van der Waals surface area contributed by atoms with Gasteiger partial charge in [0.15, 0.2) is 23.3 Å². The molecule has 1 fully saturated rings. The number of nitrogens with one attached hydrogen (secondary N) is 1. The summed E-state index contributed by atoms with van der Waals surface area (Å²) in [6.45, 7) is -0.0825. The predicted molar refractivity (Wildman–Crippen MR) is 109 cm³/mol. The van der Waals surface area contributed by atoms with Crippen LogP contribution in [0.25, 0.3) is 6.08 Å². The van der Waals surface area contributed by atoms with E-state index >= 15 is 0 Å². The number of benzene rings is 2. The Morgan fingerprint density at radius 3 is 2.78 bits per heavy atom. The Morgan fingerprint density at radius 2 is 2.07 bits per heavy atom. The maximum Gasteiger partial charge on any atom is 0.264 e. The zero-order valence-corrected chi connectivity index (χ0v) is 16.6. The summed E-state index contributed by atoms with van der Waals surface area (Å²) in [6.07, 6.45) is 1.74. The number of methoxy groups -OCH3 is 1. The molecule has 8 heteroatoms. The Bertz CT molecular complexity index is 968. The van der Waals surface area contributed by atoms with E-state index in [-0.39, 0.29) is 12.5 Å². The third kappa shape index (κ3) is 4.70. The summed E-state index contributed by atoms with van der Waals surface area (Å²) in [4.78, 5) is 17.2. The van der Waals surface area contributed by atoms with E-state index in [0.717, 1.165) is 11.3 Å². The molecule has 0 aliphatic carbocycles. The van der Waals surface area contributed by atoms with Crippen LogP contribution in [0, 0.1) is 11.3 Å². The highest BCUT2D eigenvalue weighted by atomic mass is 79.9. The minimum Gasteiger partial charge on any atom is -0.493 e. The molecule has 27 heavy (non-hydrogen) atoms. The number of rotatable bonds is 5. The Labute approximate surface area is 169 Å². The molecule has 0 radical (unpaired) electrons. The minimum atomic E-state index is -0.217. The summed E-state index contributed by atoms with van der Waals surface area (Å²) in [6, 6.07) is 14.8. The fourth-order valence-electron chi connectivity index (χ4n) is 2.29.